The number of esters is 1. The lowest BCUT2D eigenvalue weighted by molar-refractivity contribution is -0.139. The van der Waals surface area contributed by atoms with Crippen LogP contribution in [0.1, 0.15) is 120 Å². The molecule has 0 spiro atoms. The van der Waals surface area contributed by atoms with E-state index in [9.17, 15) is 9.59 Å². The van der Waals surface area contributed by atoms with Crippen molar-refractivity contribution >= 4 is 33.8 Å². The molecule has 0 amide bonds. The minimum atomic E-state index is -0.250. The van der Waals surface area contributed by atoms with Gasteiger partial charge < -0.3 is 19.5 Å². The van der Waals surface area contributed by atoms with Gasteiger partial charge in [0.05, 0.1) is 25.9 Å². The molecule has 2 aliphatic rings. The number of rotatable bonds is 9. The number of benzene rings is 4. The van der Waals surface area contributed by atoms with E-state index in [1.807, 2.05) is 18.2 Å². The third-order valence-electron chi connectivity index (χ3n) is 11.7. The SMILES string of the molecule is COC(=O)CNCc1ccc2cc(OC3CCC(C(C)(C)C)CC3)cc(C)c2c1.Cc1cc(OC2CCC(C(C)(C)C)CC2)cc2ccc(C=O)cc12. The second-order valence-electron chi connectivity index (χ2n) is 17.7. The fourth-order valence-corrected chi connectivity index (χ4v) is 8.26. The highest BCUT2D eigenvalue weighted by Gasteiger charge is 2.31. The Kier molecular flexibility index (Phi) is 13.3. The zero-order valence-electron chi connectivity index (χ0n) is 33.8. The van der Waals surface area contributed by atoms with Gasteiger partial charge in [0, 0.05) is 12.1 Å². The summed E-state index contributed by atoms with van der Waals surface area (Å²) in [6.07, 6.45) is 11.1. The predicted octanol–water partition coefficient (Wildman–Crippen LogP) is 11.3. The van der Waals surface area contributed by atoms with Gasteiger partial charge in [0.15, 0.2) is 0 Å². The van der Waals surface area contributed by atoms with Crippen molar-refractivity contribution in [2.24, 2.45) is 22.7 Å². The first kappa shape index (κ1) is 40.3. The molecule has 6 rings (SSSR count). The van der Waals surface area contributed by atoms with Crippen molar-refractivity contribution in [2.45, 2.75) is 126 Å². The lowest BCUT2D eigenvalue weighted by Crippen LogP contribution is -2.30. The van der Waals surface area contributed by atoms with Crippen molar-refractivity contribution in [2.75, 3.05) is 13.7 Å². The van der Waals surface area contributed by atoms with Crippen molar-refractivity contribution in [3.63, 3.8) is 0 Å². The average molecular weight is 722 g/mol. The molecule has 2 fully saturated rings. The van der Waals surface area contributed by atoms with Crippen molar-refractivity contribution in [1.29, 1.82) is 0 Å². The van der Waals surface area contributed by atoms with E-state index >= 15 is 0 Å². The number of methoxy groups -OCH3 is 1. The molecule has 0 unspecified atom stereocenters. The monoisotopic (exact) mass is 721 g/mol. The lowest BCUT2D eigenvalue weighted by atomic mass is 9.72. The van der Waals surface area contributed by atoms with E-state index in [4.69, 9.17) is 9.47 Å². The maximum absolute atomic E-state index is 11.2. The minimum absolute atomic E-state index is 0.220. The molecule has 2 aliphatic carbocycles. The van der Waals surface area contributed by atoms with E-state index in [1.54, 1.807) is 0 Å². The molecule has 4 aromatic rings. The molecular formula is C47H63NO5. The van der Waals surface area contributed by atoms with Gasteiger partial charge in [-0.1, -0.05) is 65.8 Å². The zero-order chi connectivity index (χ0) is 38.3. The van der Waals surface area contributed by atoms with E-state index in [-0.39, 0.29) is 12.5 Å². The Morgan fingerprint density at radius 1 is 0.679 bits per heavy atom. The number of hydrogen-bond donors (Lipinski definition) is 1. The second kappa shape index (κ2) is 17.5. The van der Waals surface area contributed by atoms with Crippen molar-refractivity contribution < 1.29 is 23.8 Å². The van der Waals surface area contributed by atoms with E-state index in [2.05, 4.69) is 108 Å². The smallest absolute Gasteiger partial charge is 0.319 e. The van der Waals surface area contributed by atoms with Crippen molar-refractivity contribution in [3.05, 3.63) is 82.9 Å². The van der Waals surface area contributed by atoms with Gasteiger partial charge >= 0.3 is 5.97 Å². The van der Waals surface area contributed by atoms with E-state index in [0.717, 1.165) is 82.8 Å². The summed E-state index contributed by atoms with van der Waals surface area (Å²) in [5, 5.41) is 7.81. The fourth-order valence-electron chi connectivity index (χ4n) is 8.26. The summed E-state index contributed by atoms with van der Waals surface area (Å²) in [5.74, 6) is 3.29. The first-order chi connectivity index (χ1) is 25.1. The summed E-state index contributed by atoms with van der Waals surface area (Å²) < 4.78 is 17.3. The summed E-state index contributed by atoms with van der Waals surface area (Å²) in [6, 6.07) is 20.8. The van der Waals surface area contributed by atoms with Crippen LogP contribution in [0.3, 0.4) is 0 Å². The Morgan fingerprint density at radius 2 is 1.15 bits per heavy atom. The van der Waals surface area contributed by atoms with Gasteiger partial charge in [-0.3, -0.25) is 9.59 Å². The van der Waals surface area contributed by atoms with E-state index in [1.165, 1.54) is 49.1 Å². The molecule has 6 heteroatoms. The molecule has 0 aliphatic heterocycles. The van der Waals surface area contributed by atoms with Crippen molar-refractivity contribution in [3.8, 4) is 11.5 Å². The number of nitrogens with one attached hydrogen (secondary N) is 1. The maximum atomic E-state index is 11.2. The minimum Gasteiger partial charge on any atom is -0.490 e. The van der Waals surface area contributed by atoms with Gasteiger partial charge in [0.2, 0.25) is 0 Å². The molecule has 286 valence electrons. The Labute approximate surface area is 318 Å². The van der Waals surface area contributed by atoms with Gasteiger partial charge in [0.1, 0.15) is 17.8 Å². The Balaban J connectivity index is 0.000000208. The van der Waals surface area contributed by atoms with E-state index < -0.39 is 0 Å². The zero-order valence-corrected chi connectivity index (χ0v) is 33.8. The fraction of sp³-hybridized carbons (Fsp3) is 0.532. The summed E-state index contributed by atoms with van der Waals surface area (Å²) in [4.78, 5) is 22.2. The molecule has 53 heavy (non-hydrogen) atoms. The number of carbonyl (C=O) groups excluding carboxylic acids is 2. The number of aryl methyl sites for hydroxylation is 2. The summed E-state index contributed by atoms with van der Waals surface area (Å²) in [6.45, 7) is 19.2. The van der Waals surface area contributed by atoms with Gasteiger partial charge in [0.25, 0.3) is 0 Å². The van der Waals surface area contributed by atoms with Crippen LogP contribution in [-0.4, -0.2) is 38.1 Å². The van der Waals surface area contributed by atoms with Crippen LogP contribution < -0.4 is 14.8 Å². The topological polar surface area (TPSA) is 73.9 Å². The number of hydrogen-bond acceptors (Lipinski definition) is 6. The summed E-state index contributed by atoms with van der Waals surface area (Å²) >= 11 is 0. The van der Waals surface area contributed by atoms with Crippen LogP contribution in [0.15, 0.2) is 60.7 Å². The van der Waals surface area contributed by atoms with Gasteiger partial charge in [-0.2, -0.15) is 0 Å². The highest BCUT2D eigenvalue weighted by Crippen LogP contribution is 2.40. The van der Waals surface area contributed by atoms with Crippen LogP contribution >= 0.6 is 0 Å². The summed E-state index contributed by atoms with van der Waals surface area (Å²) in [7, 11) is 1.40. The van der Waals surface area contributed by atoms with Crippen LogP contribution in [-0.2, 0) is 16.1 Å². The highest BCUT2D eigenvalue weighted by molar-refractivity contribution is 5.92. The molecular weight excluding hydrogens is 659 g/mol. The van der Waals surface area contributed by atoms with E-state index in [0.29, 0.717) is 29.6 Å². The normalized spacial score (nSPS) is 20.7. The van der Waals surface area contributed by atoms with Crippen LogP contribution in [0.2, 0.25) is 0 Å². The molecule has 1 N–H and O–H groups in total. The Hall–Kier alpha value is -3.90. The quantitative estimate of drug-likeness (QED) is 0.137. The van der Waals surface area contributed by atoms with Crippen LogP contribution in [0.5, 0.6) is 11.5 Å². The lowest BCUT2D eigenvalue weighted by Gasteiger charge is -2.37. The molecule has 2 saturated carbocycles. The Bertz CT molecular complexity index is 1850. The first-order valence-electron chi connectivity index (χ1n) is 19.8. The summed E-state index contributed by atoms with van der Waals surface area (Å²) in [5.41, 5.74) is 5.05. The molecule has 0 heterocycles. The third kappa shape index (κ3) is 11.1. The second-order valence-corrected chi connectivity index (χ2v) is 17.7. The number of carbonyl (C=O) groups is 2. The van der Waals surface area contributed by atoms with Gasteiger partial charge in [-0.05, 0) is 163 Å². The van der Waals surface area contributed by atoms with Crippen LogP contribution in [0.4, 0.5) is 0 Å². The largest absolute Gasteiger partial charge is 0.490 e. The molecule has 4 aromatic carbocycles. The maximum Gasteiger partial charge on any atom is 0.319 e. The highest BCUT2D eigenvalue weighted by atomic mass is 16.5. The standard InChI is InChI=1S/C25H35NO3.C22H28O2/c1-17-12-22(29-21-10-8-20(9-11-21)25(2,3)4)14-19-7-6-18(13-23(17)19)15-26-16-24(27)28-5;1-15-11-20(13-17-6-5-16(14-23)12-21(15)17)24-19-9-7-18(8-10-19)22(2,3)4/h6-7,12-14,20-21,26H,8-11,15-16H2,1-5H3;5-6,11-14,18-19H,7-10H2,1-4H3. The van der Waals surface area contributed by atoms with Crippen LogP contribution in [0.25, 0.3) is 21.5 Å². The number of ether oxygens (including phenoxy) is 3. The van der Waals surface area contributed by atoms with Crippen molar-refractivity contribution in [1.82, 2.24) is 5.32 Å². The third-order valence-corrected chi connectivity index (χ3v) is 11.7. The molecule has 6 nitrogen and oxygen atoms in total. The van der Waals surface area contributed by atoms with Crippen LogP contribution in [0, 0.1) is 36.5 Å². The first-order valence-corrected chi connectivity index (χ1v) is 19.8. The van der Waals surface area contributed by atoms with Gasteiger partial charge in [-0.15, -0.1) is 0 Å². The molecule has 0 atom stereocenters. The Morgan fingerprint density at radius 3 is 1.60 bits per heavy atom. The number of fused-ring (bicyclic) bond motifs is 2. The predicted molar refractivity (Wildman–Crippen MR) is 218 cm³/mol. The molecule has 0 bridgehead atoms. The molecule has 0 radical (unpaired) electrons. The molecule has 0 saturated heterocycles. The molecule has 0 aromatic heterocycles. The average Bonchev–Trinajstić information content (AvgIpc) is 3.11. The van der Waals surface area contributed by atoms with Gasteiger partial charge in [-0.25, -0.2) is 0 Å². The number of aldehydes is 1.